The van der Waals surface area contributed by atoms with Crippen LogP contribution < -0.4 is 4.74 Å². The summed E-state index contributed by atoms with van der Waals surface area (Å²) in [5.74, 6) is 1.02. The maximum Gasteiger partial charge on any atom is 0.294 e. The van der Waals surface area contributed by atoms with Gasteiger partial charge in [-0.05, 0) is 49.2 Å². The zero-order valence-electron chi connectivity index (χ0n) is 16.4. The van der Waals surface area contributed by atoms with Crippen molar-refractivity contribution in [1.29, 1.82) is 0 Å². The second-order valence-corrected chi connectivity index (χ2v) is 8.42. The molecule has 0 aliphatic rings. The number of hydrogen-bond acceptors (Lipinski definition) is 4. The molecule has 0 saturated carbocycles. The largest absolute Gasteiger partial charge is 0.508 e. The van der Waals surface area contributed by atoms with Crippen molar-refractivity contribution >= 4 is 10.1 Å². The molecule has 6 heteroatoms. The van der Waals surface area contributed by atoms with Gasteiger partial charge < -0.3 is 9.84 Å². The molecular weight excluding hydrogens is 376 g/mol. The fraction of sp³-hybridized carbons (Fsp3) is 0.455. The third-order valence-corrected chi connectivity index (χ3v) is 5.65. The standard InChI is InChI=1S/C22H30O5S/c1-2-3-4-5-6-7-8-9-11-20-21(12-10-13-22(20)28(24,25)26)27-19-16-14-18(23)15-17-19/h10,12-17,23H,2-9,11H2,1H3,(H,24,25,26). The summed E-state index contributed by atoms with van der Waals surface area (Å²) in [5.41, 5.74) is 0.490. The monoisotopic (exact) mass is 406 g/mol. The van der Waals surface area contributed by atoms with Gasteiger partial charge in [-0.1, -0.05) is 57.9 Å². The number of unbranched alkanes of at least 4 members (excludes halogenated alkanes) is 7. The second kappa shape index (κ2) is 11.1. The smallest absolute Gasteiger partial charge is 0.294 e. The van der Waals surface area contributed by atoms with Crippen LogP contribution >= 0.6 is 0 Å². The van der Waals surface area contributed by atoms with E-state index < -0.39 is 10.1 Å². The Morgan fingerprint density at radius 3 is 2.07 bits per heavy atom. The number of ether oxygens (including phenoxy) is 1. The van der Waals surface area contributed by atoms with Crippen molar-refractivity contribution in [3.63, 3.8) is 0 Å². The van der Waals surface area contributed by atoms with Gasteiger partial charge in [0.05, 0.1) is 0 Å². The Hall–Kier alpha value is -2.05. The minimum atomic E-state index is -4.33. The van der Waals surface area contributed by atoms with Gasteiger partial charge in [0, 0.05) is 5.56 Å². The molecule has 0 amide bonds. The van der Waals surface area contributed by atoms with Gasteiger partial charge >= 0.3 is 0 Å². The highest BCUT2D eigenvalue weighted by molar-refractivity contribution is 7.85. The van der Waals surface area contributed by atoms with E-state index in [1.54, 1.807) is 24.3 Å². The molecule has 0 fully saturated rings. The molecule has 2 aromatic carbocycles. The van der Waals surface area contributed by atoms with E-state index in [1.807, 2.05) is 0 Å². The minimum absolute atomic E-state index is 0.105. The van der Waals surface area contributed by atoms with Crippen LogP contribution in [-0.2, 0) is 16.5 Å². The third-order valence-electron chi connectivity index (χ3n) is 4.71. The average Bonchev–Trinajstić information content (AvgIpc) is 2.65. The van der Waals surface area contributed by atoms with Crippen LogP contribution in [0.4, 0.5) is 0 Å². The molecule has 0 spiro atoms. The molecule has 2 N–H and O–H groups in total. The predicted molar refractivity (Wildman–Crippen MR) is 111 cm³/mol. The lowest BCUT2D eigenvalue weighted by Crippen LogP contribution is -2.05. The number of benzene rings is 2. The van der Waals surface area contributed by atoms with Crippen molar-refractivity contribution < 1.29 is 22.8 Å². The highest BCUT2D eigenvalue weighted by Gasteiger charge is 2.19. The molecule has 28 heavy (non-hydrogen) atoms. The van der Waals surface area contributed by atoms with E-state index in [1.165, 1.54) is 50.3 Å². The lowest BCUT2D eigenvalue weighted by atomic mass is 10.0. The lowest BCUT2D eigenvalue weighted by molar-refractivity contribution is 0.456. The van der Waals surface area contributed by atoms with Crippen LogP contribution in [0.1, 0.15) is 63.9 Å². The molecule has 0 aromatic heterocycles. The van der Waals surface area contributed by atoms with Crippen molar-refractivity contribution in [2.75, 3.05) is 0 Å². The van der Waals surface area contributed by atoms with Crippen LogP contribution in [0, 0.1) is 0 Å². The summed E-state index contributed by atoms with van der Waals surface area (Å²) in [5, 5.41) is 9.39. The molecular formula is C22H30O5S. The molecule has 2 rings (SSSR count). The third kappa shape index (κ3) is 7.17. The molecule has 0 saturated heterocycles. The van der Waals surface area contributed by atoms with E-state index in [4.69, 9.17) is 4.74 Å². The van der Waals surface area contributed by atoms with Gasteiger partial charge in [-0.15, -0.1) is 0 Å². The quantitative estimate of drug-likeness (QED) is 0.328. The number of rotatable bonds is 12. The van der Waals surface area contributed by atoms with Gasteiger partial charge in [0.15, 0.2) is 0 Å². The van der Waals surface area contributed by atoms with E-state index in [-0.39, 0.29) is 10.6 Å². The summed E-state index contributed by atoms with van der Waals surface area (Å²) >= 11 is 0. The normalized spacial score (nSPS) is 11.5. The Bertz CT molecular complexity index is 829. The number of hydrogen-bond donors (Lipinski definition) is 2. The molecule has 0 bridgehead atoms. The molecule has 154 valence electrons. The van der Waals surface area contributed by atoms with Crippen LogP contribution in [0.25, 0.3) is 0 Å². The lowest BCUT2D eigenvalue weighted by Gasteiger charge is -2.14. The zero-order valence-corrected chi connectivity index (χ0v) is 17.2. The highest BCUT2D eigenvalue weighted by atomic mass is 32.2. The summed E-state index contributed by atoms with van der Waals surface area (Å²) in [6, 6.07) is 10.9. The Morgan fingerprint density at radius 1 is 0.857 bits per heavy atom. The summed E-state index contributed by atoms with van der Waals surface area (Å²) in [7, 11) is -4.33. The number of aromatic hydroxyl groups is 1. The second-order valence-electron chi connectivity index (χ2n) is 7.03. The molecule has 0 heterocycles. The van der Waals surface area contributed by atoms with Crippen LogP contribution in [0.5, 0.6) is 17.2 Å². The van der Waals surface area contributed by atoms with E-state index in [0.29, 0.717) is 23.5 Å². The number of phenols is 1. The van der Waals surface area contributed by atoms with Crippen molar-refractivity contribution in [3.05, 3.63) is 48.0 Å². The predicted octanol–water partition coefficient (Wildman–Crippen LogP) is 6.11. The van der Waals surface area contributed by atoms with E-state index >= 15 is 0 Å². The van der Waals surface area contributed by atoms with Gasteiger partial charge in [0.25, 0.3) is 10.1 Å². The summed E-state index contributed by atoms with van der Waals surface area (Å²) in [4.78, 5) is -0.105. The summed E-state index contributed by atoms with van der Waals surface area (Å²) < 4.78 is 39.1. The van der Waals surface area contributed by atoms with E-state index in [0.717, 1.165) is 19.3 Å². The first kappa shape index (κ1) is 22.2. The Labute approximate surface area is 168 Å². The molecule has 0 atom stereocenters. The molecule has 2 aromatic rings. The maximum atomic E-state index is 11.8. The van der Waals surface area contributed by atoms with Gasteiger partial charge in [-0.3, -0.25) is 4.55 Å². The SMILES string of the molecule is CCCCCCCCCCc1c(Oc2ccc(O)cc2)cccc1S(=O)(=O)O. The highest BCUT2D eigenvalue weighted by Crippen LogP contribution is 2.32. The van der Waals surface area contributed by atoms with Crippen molar-refractivity contribution in [2.24, 2.45) is 0 Å². The van der Waals surface area contributed by atoms with Crippen LogP contribution in [0.15, 0.2) is 47.4 Å². The fourth-order valence-electron chi connectivity index (χ4n) is 3.21. The summed E-state index contributed by atoms with van der Waals surface area (Å²) in [6.07, 6.45) is 9.67. The first-order valence-corrected chi connectivity index (χ1v) is 11.4. The molecule has 5 nitrogen and oxygen atoms in total. The van der Waals surface area contributed by atoms with Gasteiger partial charge in [0.2, 0.25) is 0 Å². The average molecular weight is 407 g/mol. The van der Waals surface area contributed by atoms with Gasteiger partial charge in [-0.2, -0.15) is 8.42 Å². The van der Waals surface area contributed by atoms with E-state index in [9.17, 15) is 18.1 Å². The molecule has 0 aliphatic heterocycles. The van der Waals surface area contributed by atoms with Crippen molar-refractivity contribution in [3.8, 4) is 17.2 Å². The van der Waals surface area contributed by atoms with Crippen molar-refractivity contribution in [2.45, 2.75) is 69.6 Å². The topological polar surface area (TPSA) is 83.8 Å². The minimum Gasteiger partial charge on any atom is -0.508 e. The molecule has 0 unspecified atom stereocenters. The van der Waals surface area contributed by atoms with E-state index in [2.05, 4.69) is 6.92 Å². The van der Waals surface area contributed by atoms with Crippen LogP contribution in [0.3, 0.4) is 0 Å². The fourth-order valence-corrected chi connectivity index (χ4v) is 3.97. The van der Waals surface area contributed by atoms with Crippen LogP contribution in [-0.4, -0.2) is 18.1 Å². The first-order valence-electron chi connectivity index (χ1n) is 9.98. The Balaban J connectivity index is 2.05. The molecule has 0 radical (unpaired) electrons. The maximum absolute atomic E-state index is 11.8. The Kier molecular flexibility index (Phi) is 8.80. The Morgan fingerprint density at radius 2 is 1.46 bits per heavy atom. The van der Waals surface area contributed by atoms with Gasteiger partial charge in [0.1, 0.15) is 22.1 Å². The van der Waals surface area contributed by atoms with Crippen molar-refractivity contribution in [1.82, 2.24) is 0 Å². The zero-order chi connectivity index (χ0) is 20.4. The van der Waals surface area contributed by atoms with Crippen LogP contribution in [0.2, 0.25) is 0 Å². The summed E-state index contributed by atoms with van der Waals surface area (Å²) in [6.45, 7) is 2.20. The number of phenolic OH excluding ortho intramolecular Hbond substituents is 1. The molecule has 0 aliphatic carbocycles. The first-order chi connectivity index (χ1) is 13.4. The van der Waals surface area contributed by atoms with Gasteiger partial charge in [-0.25, -0.2) is 0 Å².